The zero-order valence-electron chi connectivity index (χ0n) is 22.5. The number of carbonyl (C=O) groups excluding carboxylic acids is 1. The average molecular weight is 550 g/mol. The largest absolute Gasteiger partial charge is 0.453 e. The molecule has 3 unspecified atom stereocenters. The topological polar surface area (TPSA) is 82.9 Å². The second-order valence-corrected chi connectivity index (χ2v) is 11.1. The molecule has 5 rings (SSSR count). The number of nitrogens with one attached hydrogen (secondary N) is 1. The van der Waals surface area contributed by atoms with Gasteiger partial charge < -0.3 is 19.3 Å². The molecular formula is C28H38F3N5O3. The van der Waals surface area contributed by atoms with E-state index in [-0.39, 0.29) is 12.1 Å². The van der Waals surface area contributed by atoms with Crippen molar-refractivity contribution in [3.05, 3.63) is 53.1 Å². The maximum Gasteiger partial charge on any atom is 0.409 e. The van der Waals surface area contributed by atoms with Gasteiger partial charge in [0, 0.05) is 43.7 Å². The second-order valence-electron chi connectivity index (χ2n) is 11.1. The predicted octanol–water partition coefficient (Wildman–Crippen LogP) is 4.48. The number of ether oxygens (including phenoxy) is 1. The minimum Gasteiger partial charge on any atom is -0.453 e. The standard InChI is InChI=1S/C28H38F3N5O3/c1-18-32-24-10-12-34(27(38)39-2)17-25(24)36(18)22-14-20-8-9-21(15-22)35(20)13-11-23(19-6-4-3-5-7-19)33-26(37)16-28(29,30)31/h3-7,20-23,26,33,37H,8-17H2,1-2H3/t20?,21?,22?,23-,26?/m0/s1. The highest BCUT2D eigenvalue weighted by atomic mass is 19.4. The van der Waals surface area contributed by atoms with Crippen LogP contribution < -0.4 is 5.32 Å². The first-order valence-corrected chi connectivity index (χ1v) is 13.8. The van der Waals surface area contributed by atoms with E-state index < -0.39 is 18.8 Å². The molecule has 2 bridgehead atoms. The summed E-state index contributed by atoms with van der Waals surface area (Å²) in [6.45, 7) is 3.89. The Morgan fingerprint density at radius 1 is 1.18 bits per heavy atom. The molecular weight excluding hydrogens is 511 g/mol. The van der Waals surface area contributed by atoms with Gasteiger partial charge in [0.25, 0.3) is 0 Å². The van der Waals surface area contributed by atoms with E-state index in [9.17, 15) is 23.1 Å². The number of benzene rings is 1. The third-order valence-corrected chi connectivity index (χ3v) is 8.58. The number of hydrogen-bond donors (Lipinski definition) is 2. The fraction of sp³-hybridized carbons (Fsp3) is 0.643. The van der Waals surface area contributed by atoms with Gasteiger partial charge in [-0.15, -0.1) is 0 Å². The number of methoxy groups -OCH3 is 1. The van der Waals surface area contributed by atoms with Gasteiger partial charge in [0.05, 0.1) is 31.5 Å². The molecule has 3 aliphatic rings. The van der Waals surface area contributed by atoms with Crippen LogP contribution in [0.4, 0.5) is 18.0 Å². The maximum absolute atomic E-state index is 12.9. The molecule has 0 aliphatic carbocycles. The van der Waals surface area contributed by atoms with Crippen molar-refractivity contribution in [3.8, 4) is 0 Å². The van der Waals surface area contributed by atoms with Crippen LogP contribution in [-0.4, -0.2) is 75.2 Å². The zero-order chi connectivity index (χ0) is 27.7. The number of aliphatic hydroxyl groups is 1. The van der Waals surface area contributed by atoms with E-state index in [1.54, 1.807) is 4.90 Å². The summed E-state index contributed by atoms with van der Waals surface area (Å²) in [7, 11) is 1.41. The number of aliphatic hydroxyl groups excluding tert-OH is 1. The van der Waals surface area contributed by atoms with Crippen molar-refractivity contribution in [3.63, 3.8) is 0 Å². The molecule has 0 radical (unpaired) electrons. The van der Waals surface area contributed by atoms with Crippen molar-refractivity contribution < 1.29 is 27.8 Å². The average Bonchev–Trinajstić information content (AvgIpc) is 3.35. The number of rotatable bonds is 8. The molecule has 2 N–H and O–H groups in total. The number of fused-ring (bicyclic) bond motifs is 3. The minimum atomic E-state index is -4.44. The van der Waals surface area contributed by atoms with Crippen molar-refractivity contribution >= 4 is 6.09 Å². The molecule has 214 valence electrons. The SMILES string of the molecule is COC(=O)N1CCc2nc(C)n(C3CC4CCC(C3)N4CC[C@H](NC(O)CC(F)(F)F)c3ccccc3)c2C1. The number of amides is 1. The first-order valence-electron chi connectivity index (χ1n) is 13.8. The van der Waals surface area contributed by atoms with E-state index in [0.717, 1.165) is 61.4 Å². The van der Waals surface area contributed by atoms with Gasteiger partial charge in [-0.2, -0.15) is 13.2 Å². The number of imidazole rings is 1. The highest BCUT2D eigenvalue weighted by Gasteiger charge is 2.43. The first-order chi connectivity index (χ1) is 18.6. The minimum absolute atomic E-state index is 0.296. The molecule has 4 atom stereocenters. The molecule has 0 saturated carbocycles. The van der Waals surface area contributed by atoms with E-state index in [1.165, 1.54) is 7.11 Å². The number of nitrogens with zero attached hydrogens (tertiary/aromatic N) is 4. The van der Waals surface area contributed by atoms with Crippen LogP contribution in [0.1, 0.15) is 73.4 Å². The Bertz CT molecular complexity index is 1130. The lowest BCUT2D eigenvalue weighted by Crippen LogP contribution is -2.46. The highest BCUT2D eigenvalue weighted by molar-refractivity contribution is 5.67. The Morgan fingerprint density at radius 2 is 1.87 bits per heavy atom. The molecule has 11 heteroatoms. The smallest absolute Gasteiger partial charge is 0.409 e. The fourth-order valence-electron chi connectivity index (χ4n) is 6.93. The number of hydrogen-bond acceptors (Lipinski definition) is 6. The van der Waals surface area contributed by atoms with Gasteiger partial charge in [-0.05, 0) is 44.6 Å². The van der Waals surface area contributed by atoms with Crippen molar-refractivity contribution in [1.29, 1.82) is 0 Å². The van der Waals surface area contributed by atoms with E-state index in [0.29, 0.717) is 37.6 Å². The number of carbonyl (C=O) groups is 1. The first kappa shape index (κ1) is 27.9. The Labute approximate surface area is 227 Å². The van der Waals surface area contributed by atoms with Crippen molar-refractivity contribution in [2.75, 3.05) is 20.2 Å². The number of halogens is 3. The third-order valence-electron chi connectivity index (χ3n) is 8.58. The van der Waals surface area contributed by atoms with Crippen LogP contribution in [0.5, 0.6) is 0 Å². The van der Waals surface area contributed by atoms with Gasteiger partial charge in [-0.3, -0.25) is 10.2 Å². The Hall–Kier alpha value is -2.63. The fourth-order valence-corrected chi connectivity index (χ4v) is 6.93. The normalized spacial score (nSPS) is 24.9. The molecule has 4 heterocycles. The van der Waals surface area contributed by atoms with Crippen LogP contribution in [0.15, 0.2) is 30.3 Å². The summed E-state index contributed by atoms with van der Waals surface area (Å²) in [6.07, 6.45) is -2.25. The lowest BCUT2D eigenvalue weighted by Gasteiger charge is -2.41. The molecule has 1 aromatic heterocycles. The van der Waals surface area contributed by atoms with E-state index in [2.05, 4.69) is 14.8 Å². The van der Waals surface area contributed by atoms with E-state index >= 15 is 0 Å². The summed E-state index contributed by atoms with van der Waals surface area (Å²) < 4.78 is 45.9. The molecule has 2 saturated heterocycles. The Kier molecular flexibility index (Phi) is 8.21. The van der Waals surface area contributed by atoms with Crippen LogP contribution in [0.3, 0.4) is 0 Å². The van der Waals surface area contributed by atoms with Crippen LogP contribution in [0.2, 0.25) is 0 Å². The molecule has 1 amide bonds. The molecule has 39 heavy (non-hydrogen) atoms. The highest BCUT2D eigenvalue weighted by Crippen LogP contribution is 2.43. The van der Waals surface area contributed by atoms with Crippen LogP contribution in [0, 0.1) is 6.92 Å². The predicted molar refractivity (Wildman–Crippen MR) is 139 cm³/mol. The van der Waals surface area contributed by atoms with Crippen molar-refractivity contribution in [1.82, 2.24) is 24.7 Å². The molecule has 0 spiro atoms. The quantitative estimate of drug-likeness (QED) is 0.473. The second kappa shape index (κ2) is 11.5. The summed E-state index contributed by atoms with van der Waals surface area (Å²) in [6, 6.07) is 10.1. The molecule has 2 aromatic rings. The van der Waals surface area contributed by atoms with Gasteiger partial charge in [0.1, 0.15) is 12.1 Å². The van der Waals surface area contributed by atoms with Crippen molar-refractivity contribution in [2.45, 2.75) is 95.0 Å². The third kappa shape index (κ3) is 6.25. The molecule has 1 aromatic carbocycles. The van der Waals surface area contributed by atoms with Crippen LogP contribution in [-0.2, 0) is 17.7 Å². The summed E-state index contributed by atoms with van der Waals surface area (Å²) in [5.74, 6) is 0.983. The number of aromatic nitrogens is 2. The molecule has 3 aliphatic heterocycles. The van der Waals surface area contributed by atoms with E-state index in [1.807, 2.05) is 37.3 Å². The lowest BCUT2D eigenvalue weighted by molar-refractivity contribution is -0.158. The summed E-state index contributed by atoms with van der Waals surface area (Å²) >= 11 is 0. The van der Waals surface area contributed by atoms with Gasteiger partial charge in [-0.1, -0.05) is 30.3 Å². The Morgan fingerprint density at radius 3 is 2.51 bits per heavy atom. The lowest BCUT2D eigenvalue weighted by atomic mass is 9.95. The summed E-state index contributed by atoms with van der Waals surface area (Å²) in [5.41, 5.74) is 3.04. The Balaban J connectivity index is 1.26. The maximum atomic E-state index is 12.9. The van der Waals surface area contributed by atoms with E-state index in [4.69, 9.17) is 9.72 Å². The number of piperidine rings is 1. The van der Waals surface area contributed by atoms with Gasteiger partial charge >= 0.3 is 12.3 Å². The zero-order valence-corrected chi connectivity index (χ0v) is 22.5. The van der Waals surface area contributed by atoms with Crippen LogP contribution >= 0.6 is 0 Å². The number of alkyl halides is 3. The monoisotopic (exact) mass is 549 g/mol. The summed E-state index contributed by atoms with van der Waals surface area (Å²) in [4.78, 5) is 21.3. The van der Waals surface area contributed by atoms with Crippen LogP contribution in [0.25, 0.3) is 0 Å². The van der Waals surface area contributed by atoms with Gasteiger partial charge in [0.15, 0.2) is 0 Å². The van der Waals surface area contributed by atoms with Gasteiger partial charge in [-0.25, -0.2) is 9.78 Å². The molecule has 2 fully saturated rings. The molecule has 8 nitrogen and oxygen atoms in total. The number of aryl methyl sites for hydroxylation is 1. The summed E-state index contributed by atoms with van der Waals surface area (Å²) in [5, 5.41) is 12.9. The van der Waals surface area contributed by atoms with Gasteiger partial charge in [0.2, 0.25) is 0 Å². The van der Waals surface area contributed by atoms with Crippen molar-refractivity contribution in [2.24, 2.45) is 0 Å².